The first-order chi connectivity index (χ1) is 12.1. The monoisotopic (exact) mass is 348 g/mol. The molecule has 3 N–H and O–H groups in total. The summed E-state index contributed by atoms with van der Waals surface area (Å²) >= 11 is 0. The molecule has 1 aliphatic carbocycles. The van der Waals surface area contributed by atoms with Gasteiger partial charge < -0.3 is 5.32 Å². The number of nitrogens with zero attached hydrogens (tertiary/aromatic N) is 1. The van der Waals surface area contributed by atoms with Crippen molar-refractivity contribution in [1.29, 1.82) is 0 Å². The average molecular weight is 348 g/mol. The summed E-state index contributed by atoms with van der Waals surface area (Å²) in [5.74, 6) is -0.491. The standard InChI is InChI=1S/C19H29FN4O/c1-3-24(2)19(9-4-5-10-19)13-21-18(25)16-12-22-23-17(16)14-7-6-8-15(20)11-14/h6-8,11,16-17,22-23H,3-5,9-10,12-13H2,1-2H3,(H,21,25). The van der Waals surface area contributed by atoms with Crippen molar-refractivity contribution in [3.8, 4) is 0 Å². The van der Waals surface area contributed by atoms with Gasteiger partial charge in [-0.1, -0.05) is 31.9 Å². The number of rotatable bonds is 6. The Labute approximate surface area is 149 Å². The zero-order valence-corrected chi connectivity index (χ0v) is 15.1. The summed E-state index contributed by atoms with van der Waals surface area (Å²) in [6.45, 7) is 4.37. The van der Waals surface area contributed by atoms with Gasteiger partial charge in [0.1, 0.15) is 5.82 Å². The highest BCUT2D eigenvalue weighted by Gasteiger charge is 2.39. The number of carbonyl (C=O) groups is 1. The van der Waals surface area contributed by atoms with Crippen LogP contribution in [-0.2, 0) is 4.79 Å². The molecule has 1 saturated heterocycles. The van der Waals surface area contributed by atoms with E-state index in [1.807, 2.05) is 6.07 Å². The van der Waals surface area contributed by atoms with Crippen LogP contribution in [0.15, 0.2) is 24.3 Å². The predicted octanol–water partition coefficient (Wildman–Crippen LogP) is 1.97. The molecule has 0 radical (unpaired) electrons. The normalized spacial score (nSPS) is 25.4. The topological polar surface area (TPSA) is 56.4 Å². The van der Waals surface area contributed by atoms with Crippen LogP contribution in [0, 0.1) is 11.7 Å². The van der Waals surface area contributed by atoms with E-state index in [0.717, 1.165) is 24.9 Å². The molecule has 6 heteroatoms. The van der Waals surface area contributed by atoms with Crippen LogP contribution >= 0.6 is 0 Å². The summed E-state index contributed by atoms with van der Waals surface area (Å²) in [6, 6.07) is 6.25. The maximum atomic E-state index is 13.5. The van der Waals surface area contributed by atoms with Gasteiger partial charge in [-0.25, -0.2) is 9.82 Å². The lowest BCUT2D eigenvalue weighted by molar-refractivity contribution is -0.125. The minimum atomic E-state index is -0.278. The Hall–Kier alpha value is -1.50. The van der Waals surface area contributed by atoms with Gasteiger partial charge in [-0.2, -0.15) is 0 Å². The van der Waals surface area contributed by atoms with Gasteiger partial charge in [-0.05, 0) is 44.1 Å². The van der Waals surface area contributed by atoms with E-state index in [4.69, 9.17) is 0 Å². The van der Waals surface area contributed by atoms with Gasteiger partial charge in [0.15, 0.2) is 0 Å². The third-order valence-corrected chi connectivity index (χ3v) is 5.94. The fourth-order valence-electron chi connectivity index (χ4n) is 4.20. The Balaban J connectivity index is 1.66. The molecule has 25 heavy (non-hydrogen) atoms. The first-order valence-corrected chi connectivity index (χ1v) is 9.28. The molecular formula is C19H29FN4O. The maximum absolute atomic E-state index is 13.5. The largest absolute Gasteiger partial charge is 0.354 e. The Morgan fingerprint density at radius 2 is 2.16 bits per heavy atom. The van der Waals surface area contributed by atoms with Crippen molar-refractivity contribution >= 4 is 5.91 Å². The van der Waals surface area contributed by atoms with Crippen LogP contribution in [0.5, 0.6) is 0 Å². The number of benzene rings is 1. The number of nitrogens with one attached hydrogen (secondary N) is 3. The third kappa shape index (κ3) is 3.86. The minimum Gasteiger partial charge on any atom is -0.354 e. The molecule has 0 aromatic heterocycles. The maximum Gasteiger partial charge on any atom is 0.226 e. The molecular weight excluding hydrogens is 319 g/mol. The van der Waals surface area contributed by atoms with E-state index in [1.54, 1.807) is 6.07 Å². The summed E-state index contributed by atoms with van der Waals surface area (Å²) < 4.78 is 13.5. The quantitative estimate of drug-likeness (QED) is 0.736. The molecule has 1 aromatic rings. The van der Waals surface area contributed by atoms with E-state index in [-0.39, 0.29) is 29.2 Å². The Morgan fingerprint density at radius 1 is 1.40 bits per heavy atom. The highest BCUT2D eigenvalue weighted by atomic mass is 19.1. The molecule has 2 unspecified atom stereocenters. The van der Waals surface area contributed by atoms with Gasteiger partial charge in [0.2, 0.25) is 5.91 Å². The average Bonchev–Trinajstić information content (AvgIpc) is 3.29. The van der Waals surface area contributed by atoms with Crippen molar-refractivity contribution in [2.75, 3.05) is 26.7 Å². The van der Waals surface area contributed by atoms with Crippen molar-refractivity contribution in [3.05, 3.63) is 35.6 Å². The second-order valence-electron chi connectivity index (χ2n) is 7.33. The van der Waals surface area contributed by atoms with Gasteiger partial charge in [0.25, 0.3) is 0 Å². The van der Waals surface area contributed by atoms with E-state index < -0.39 is 0 Å². The summed E-state index contributed by atoms with van der Waals surface area (Å²) in [7, 11) is 2.14. The zero-order chi connectivity index (χ0) is 17.9. The molecule has 1 heterocycles. The molecule has 1 amide bonds. The SMILES string of the molecule is CCN(C)C1(CNC(=O)C2CNNC2c2cccc(F)c2)CCCC1. The van der Waals surface area contributed by atoms with E-state index in [1.165, 1.54) is 25.0 Å². The first-order valence-electron chi connectivity index (χ1n) is 9.28. The lowest BCUT2D eigenvalue weighted by Crippen LogP contribution is -2.53. The molecule has 138 valence electrons. The van der Waals surface area contributed by atoms with E-state index in [0.29, 0.717) is 13.1 Å². The Morgan fingerprint density at radius 3 is 2.84 bits per heavy atom. The van der Waals surface area contributed by atoms with E-state index in [9.17, 15) is 9.18 Å². The second kappa shape index (κ2) is 7.81. The summed E-state index contributed by atoms with van der Waals surface area (Å²) in [6.07, 6.45) is 4.70. The Bertz CT molecular complexity index is 603. The summed E-state index contributed by atoms with van der Waals surface area (Å²) in [5.41, 5.74) is 7.04. The van der Waals surface area contributed by atoms with Crippen molar-refractivity contribution in [1.82, 2.24) is 21.1 Å². The van der Waals surface area contributed by atoms with Crippen molar-refractivity contribution < 1.29 is 9.18 Å². The van der Waals surface area contributed by atoms with Gasteiger partial charge in [0.05, 0.1) is 12.0 Å². The van der Waals surface area contributed by atoms with Crippen molar-refractivity contribution in [2.45, 2.75) is 44.2 Å². The zero-order valence-electron chi connectivity index (χ0n) is 15.1. The first kappa shape index (κ1) is 18.3. The number of amides is 1. The molecule has 0 spiro atoms. The van der Waals surface area contributed by atoms with Crippen LogP contribution in [0.2, 0.25) is 0 Å². The summed E-state index contributed by atoms with van der Waals surface area (Å²) in [5, 5.41) is 3.18. The predicted molar refractivity (Wildman–Crippen MR) is 96.3 cm³/mol. The summed E-state index contributed by atoms with van der Waals surface area (Å²) in [4.78, 5) is 15.2. The second-order valence-corrected chi connectivity index (χ2v) is 7.33. The molecule has 2 fully saturated rings. The number of halogens is 1. The van der Waals surface area contributed by atoms with E-state index in [2.05, 4.69) is 35.0 Å². The highest BCUT2D eigenvalue weighted by Crippen LogP contribution is 2.34. The third-order valence-electron chi connectivity index (χ3n) is 5.94. The molecule has 0 bridgehead atoms. The van der Waals surface area contributed by atoms with Crippen LogP contribution in [0.1, 0.15) is 44.2 Å². The molecule has 1 aromatic carbocycles. The fraction of sp³-hybridized carbons (Fsp3) is 0.632. The highest BCUT2D eigenvalue weighted by molar-refractivity contribution is 5.80. The van der Waals surface area contributed by atoms with Gasteiger partial charge in [-0.15, -0.1) is 0 Å². The van der Waals surface area contributed by atoms with E-state index >= 15 is 0 Å². The number of hydrogen-bond donors (Lipinski definition) is 3. The van der Waals surface area contributed by atoms with Crippen molar-refractivity contribution in [3.63, 3.8) is 0 Å². The van der Waals surface area contributed by atoms with Gasteiger partial charge >= 0.3 is 0 Å². The Kier molecular flexibility index (Phi) is 5.71. The van der Waals surface area contributed by atoms with Crippen LogP contribution in [0.25, 0.3) is 0 Å². The molecule has 3 rings (SSSR count). The van der Waals surface area contributed by atoms with Gasteiger partial charge in [-0.3, -0.25) is 15.1 Å². The molecule has 1 saturated carbocycles. The lowest BCUT2D eigenvalue weighted by Gasteiger charge is -2.38. The fourth-order valence-corrected chi connectivity index (χ4v) is 4.20. The van der Waals surface area contributed by atoms with Gasteiger partial charge in [0, 0.05) is 18.6 Å². The van der Waals surface area contributed by atoms with Crippen LogP contribution in [-0.4, -0.2) is 43.0 Å². The number of hydrogen-bond acceptors (Lipinski definition) is 4. The van der Waals surface area contributed by atoms with Crippen LogP contribution < -0.4 is 16.2 Å². The van der Waals surface area contributed by atoms with Crippen LogP contribution in [0.4, 0.5) is 4.39 Å². The number of hydrazine groups is 1. The molecule has 5 nitrogen and oxygen atoms in total. The number of carbonyl (C=O) groups excluding carboxylic acids is 1. The van der Waals surface area contributed by atoms with Crippen LogP contribution in [0.3, 0.4) is 0 Å². The lowest BCUT2D eigenvalue weighted by atomic mass is 9.92. The number of likely N-dealkylation sites (N-methyl/N-ethyl adjacent to an activating group) is 1. The minimum absolute atomic E-state index is 0.0301. The molecule has 2 atom stereocenters. The molecule has 1 aliphatic heterocycles. The molecule has 2 aliphatic rings. The van der Waals surface area contributed by atoms with Crippen molar-refractivity contribution in [2.24, 2.45) is 5.92 Å². The smallest absolute Gasteiger partial charge is 0.226 e.